The van der Waals surface area contributed by atoms with E-state index >= 15 is 0 Å². The lowest BCUT2D eigenvalue weighted by molar-refractivity contribution is -0.384. The first-order valence-corrected chi connectivity index (χ1v) is 8.56. The van der Waals surface area contributed by atoms with E-state index in [0.29, 0.717) is 17.7 Å². The molecule has 1 aliphatic heterocycles. The summed E-state index contributed by atoms with van der Waals surface area (Å²) in [6, 6.07) is 6.05. The Morgan fingerprint density at radius 1 is 1.19 bits per heavy atom. The van der Waals surface area contributed by atoms with Crippen molar-refractivity contribution in [3.8, 4) is 0 Å². The van der Waals surface area contributed by atoms with Gasteiger partial charge < -0.3 is 9.47 Å². The highest BCUT2D eigenvalue weighted by Gasteiger charge is 2.41. The van der Waals surface area contributed by atoms with Crippen LogP contribution in [-0.2, 0) is 19.1 Å². The molecule has 1 aromatic carbocycles. The zero-order valence-electron chi connectivity index (χ0n) is 15.4. The number of esters is 2. The van der Waals surface area contributed by atoms with Gasteiger partial charge in [0, 0.05) is 30.7 Å². The molecule has 2 unspecified atom stereocenters. The molecule has 0 bridgehead atoms. The summed E-state index contributed by atoms with van der Waals surface area (Å²) in [5.74, 6) is -2.52. The first kappa shape index (κ1) is 20.2. The molecule has 1 heterocycles. The van der Waals surface area contributed by atoms with Crippen LogP contribution in [-0.4, -0.2) is 41.5 Å². The molecule has 1 aliphatic rings. The van der Waals surface area contributed by atoms with Crippen LogP contribution in [0.5, 0.6) is 0 Å². The van der Waals surface area contributed by atoms with E-state index in [1.807, 2.05) is 6.92 Å². The van der Waals surface area contributed by atoms with Crippen molar-refractivity contribution in [2.45, 2.75) is 33.1 Å². The van der Waals surface area contributed by atoms with Crippen molar-refractivity contribution >= 4 is 29.0 Å². The summed E-state index contributed by atoms with van der Waals surface area (Å²) >= 11 is 0. The monoisotopic (exact) mass is 375 g/mol. The highest BCUT2D eigenvalue weighted by atomic mass is 16.6. The van der Waals surface area contributed by atoms with Gasteiger partial charge in [0.05, 0.1) is 17.2 Å². The van der Waals surface area contributed by atoms with Gasteiger partial charge in [-0.05, 0) is 18.9 Å². The molecular weight excluding hydrogens is 354 g/mol. The minimum atomic E-state index is -0.876. The number of rotatable bonds is 7. The molecular formula is C18H21N3O6. The number of ether oxygens (including phenoxy) is 2. The van der Waals surface area contributed by atoms with E-state index in [9.17, 15) is 19.7 Å². The number of non-ortho nitro benzene ring substituents is 1. The highest BCUT2D eigenvalue weighted by molar-refractivity contribution is 6.11. The Labute approximate surface area is 156 Å². The van der Waals surface area contributed by atoms with Crippen molar-refractivity contribution in [2.75, 3.05) is 13.2 Å². The lowest BCUT2D eigenvalue weighted by atomic mass is 9.78. The van der Waals surface area contributed by atoms with Crippen LogP contribution in [0.25, 0.3) is 0 Å². The average Bonchev–Trinajstić information content (AvgIpc) is 2.65. The van der Waals surface area contributed by atoms with E-state index in [1.165, 1.54) is 19.1 Å². The first-order valence-electron chi connectivity index (χ1n) is 8.56. The van der Waals surface area contributed by atoms with Gasteiger partial charge in [-0.1, -0.05) is 19.1 Å². The molecule has 144 valence electrons. The summed E-state index contributed by atoms with van der Waals surface area (Å²) in [6.45, 7) is 4.75. The van der Waals surface area contributed by atoms with E-state index in [-0.39, 0.29) is 24.6 Å². The lowest BCUT2D eigenvalue weighted by Crippen LogP contribution is -2.40. The van der Waals surface area contributed by atoms with Crippen molar-refractivity contribution in [3.05, 3.63) is 39.9 Å². The fourth-order valence-electron chi connectivity index (χ4n) is 2.94. The van der Waals surface area contributed by atoms with Gasteiger partial charge in [0.2, 0.25) is 0 Å². The van der Waals surface area contributed by atoms with Crippen molar-refractivity contribution in [3.63, 3.8) is 0 Å². The molecule has 0 amide bonds. The number of nitrogens with zero attached hydrogens (tertiary/aromatic N) is 3. The van der Waals surface area contributed by atoms with Gasteiger partial charge >= 0.3 is 11.9 Å². The SMILES string of the molecule is CCOC(=O)C1C(COC(C)=O)=NN=C(CC)C1c1cccc([N+](=O)[O-])c1. The largest absolute Gasteiger partial charge is 0.465 e. The molecule has 1 aromatic rings. The van der Waals surface area contributed by atoms with Crippen LogP contribution in [0.1, 0.15) is 38.7 Å². The summed E-state index contributed by atoms with van der Waals surface area (Å²) < 4.78 is 10.2. The van der Waals surface area contributed by atoms with Crippen molar-refractivity contribution in [2.24, 2.45) is 16.1 Å². The van der Waals surface area contributed by atoms with Crippen molar-refractivity contribution in [1.82, 2.24) is 0 Å². The summed E-state index contributed by atoms with van der Waals surface area (Å²) in [5, 5.41) is 19.4. The molecule has 0 spiro atoms. The Hall–Kier alpha value is -3.10. The summed E-state index contributed by atoms with van der Waals surface area (Å²) in [5.41, 5.74) is 1.31. The van der Waals surface area contributed by atoms with Gasteiger partial charge in [-0.2, -0.15) is 10.2 Å². The highest BCUT2D eigenvalue weighted by Crippen LogP contribution is 2.34. The maximum absolute atomic E-state index is 12.7. The van der Waals surface area contributed by atoms with Crippen LogP contribution in [0.2, 0.25) is 0 Å². The maximum atomic E-state index is 12.7. The molecule has 0 saturated heterocycles. The fourth-order valence-corrected chi connectivity index (χ4v) is 2.94. The third kappa shape index (κ3) is 4.75. The zero-order chi connectivity index (χ0) is 20.0. The third-order valence-electron chi connectivity index (χ3n) is 4.12. The van der Waals surface area contributed by atoms with E-state index in [4.69, 9.17) is 9.47 Å². The number of nitro benzene ring substituents is 1. The second-order valence-electron chi connectivity index (χ2n) is 5.88. The summed E-state index contributed by atoms with van der Waals surface area (Å²) in [7, 11) is 0. The summed E-state index contributed by atoms with van der Waals surface area (Å²) in [4.78, 5) is 34.5. The van der Waals surface area contributed by atoms with E-state index in [0.717, 1.165) is 0 Å². The molecule has 9 nitrogen and oxygen atoms in total. The predicted molar refractivity (Wildman–Crippen MR) is 97.8 cm³/mol. The van der Waals surface area contributed by atoms with Crippen LogP contribution in [0.15, 0.2) is 34.5 Å². The quantitative estimate of drug-likeness (QED) is 0.410. The van der Waals surface area contributed by atoms with Gasteiger partial charge in [-0.15, -0.1) is 0 Å². The molecule has 9 heteroatoms. The Morgan fingerprint density at radius 2 is 1.89 bits per heavy atom. The van der Waals surface area contributed by atoms with Crippen LogP contribution in [0.3, 0.4) is 0 Å². The fraction of sp³-hybridized carbons (Fsp3) is 0.444. The average molecular weight is 375 g/mol. The Morgan fingerprint density at radius 3 is 2.48 bits per heavy atom. The second-order valence-corrected chi connectivity index (χ2v) is 5.88. The summed E-state index contributed by atoms with van der Waals surface area (Å²) in [6.07, 6.45) is 0.494. The molecule has 0 saturated carbocycles. The smallest absolute Gasteiger partial charge is 0.315 e. The van der Waals surface area contributed by atoms with Gasteiger partial charge in [0.25, 0.3) is 5.69 Å². The number of carbonyl (C=O) groups is 2. The van der Waals surface area contributed by atoms with Crippen molar-refractivity contribution in [1.29, 1.82) is 0 Å². The van der Waals surface area contributed by atoms with Gasteiger partial charge in [0.1, 0.15) is 12.5 Å². The molecule has 0 aliphatic carbocycles. The molecule has 0 radical (unpaired) electrons. The minimum absolute atomic E-state index is 0.0883. The molecule has 2 atom stereocenters. The second kappa shape index (κ2) is 9.02. The van der Waals surface area contributed by atoms with E-state index in [2.05, 4.69) is 10.2 Å². The molecule has 27 heavy (non-hydrogen) atoms. The number of benzene rings is 1. The van der Waals surface area contributed by atoms with E-state index in [1.54, 1.807) is 19.1 Å². The van der Waals surface area contributed by atoms with Crippen LogP contribution < -0.4 is 0 Å². The standard InChI is InChI=1S/C18H21N3O6/c1-4-14-16(12-7-6-8-13(9-12)21(24)25)17(18(23)26-5-2)15(20-19-14)10-27-11(3)22/h6-9,16-17H,4-5,10H2,1-3H3. The lowest BCUT2D eigenvalue weighted by Gasteiger charge is -2.29. The Bertz CT molecular complexity index is 802. The molecule has 0 aromatic heterocycles. The normalized spacial score (nSPS) is 18.9. The third-order valence-corrected chi connectivity index (χ3v) is 4.12. The molecule has 0 N–H and O–H groups in total. The minimum Gasteiger partial charge on any atom is -0.465 e. The Kier molecular flexibility index (Phi) is 6.75. The number of carbonyl (C=O) groups excluding carboxylic acids is 2. The molecule has 0 fully saturated rings. The van der Waals surface area contributed by atoms with Gasteiger partial charge in [-0.25, -0.2) is 0 Å². The van der Waals surface area contributed by atoms with Crippen molar-refractivity contribution < 1.29 is 24.0 Å². The van der Waals surface area contributed by atoms with Crippen LogP contribution in [0.4, 0.5) is 5.69 Å². The molecule has 2 rings (SSSR count). The number of hydrogen-bond donors (Lipinski definition) is 0. The number of hydrogen-bond acceptors (Lipinski definition) is 8. The number of nitro groups is 1. The zero-order valence-corrected chi connectivity index (χ0v) is 15.4. The van der Waals surface area contributed by atoms with Crippen LogP contribution >= 0.6 is 0 Å². The predicted octanol–water partition coefficient (Wildman–Crippen LogP) is 2.64. The van der Waals surface area contributed by atoms with Gasteiger partial charge in [-0.3, -0.25) is 19.7 Å². The topological polar surface area (TPSA) is 120 Å². The Balaban J connectivity index is 2.52. The van der Waals surface area contributed by atoms with Crippen LogP contribution in [0, 0.1) is 16.0 Å². The first-order chi connectivity index (χ1) is 12.9. The van der Waals surface area contributed by atoms with E-state index < -0.39 is 28.7 Å². The maximum Gasteiger partial charge on any atom is 0.315 e. The van der Waals surface area contributed by atoms with Gasteiger partial charge in [0.15, 0.2) is 0 Å².